The molecular weight excluding hydrogens is 409 g/mol. The minimum absolute atomic E-state index is 1.15. The summed E-state index contributed by atoms with van der Waals surface area (Å²) in [5.74, 6) is 0. The van der Waals surface area contributed by atoms with E-state index in [0.717, 1.165) is 5.70 Å². The predicted molar refractivity (Wildman–Crippen MR) is 72.2 cm³/mol. The van der Waals surface area contributed by atoms with E-state index in [1.165, 1.54) is 11.1 Å². The van der Waals surface area contributed by atoms with E-state index in [9.17, 15) is 0 Å². The molecular formula is C14H23Cl2N3O8. The topological polar surface area (TPSA) is 195 Å². The number of rotatable bonds is 3. The Morgan fingerprint density at radius 3 is 1.48 bits per heavy atom. The molecule has 0 aliphatic heterocycles. The molecule has 0 saturated heterocycles. The molecule has 0 fully saturated rings. The Morgan fingerprint density at radius 1 is 0.889 bits per heavy atom. The Hall–Kier alpha value is -1.38. The SMILES string of the molecule is Cc1cc(C)c[n+](/C(C=[N+](C)C)=C\N(C)C)c1.[O-][Cl+3]([O-])([O-])[O-].[O-][Cl+3]([O-])([O-])[O-]. The molecule has 0 aliphatic rings. The average Bonchev–Trinajstić information content (AvgIpc) is 2.31. The lowest BCUT2D eigenvalue weighted by Crippen LogP contribution is -2.68. The summed E-state index contributed by atoms with van der Waals surface area (Å²) in [7, 11) is -1.75. The summed E-state index contributed by atoms with van der Waals surface area (Å²) in [4.78, 5) is 2.06. The molecule has 0 radical (unpaired) electrons. The average molecular weight is 432 g/mol. The highest BCUT2D eigenvalue weighted by molar-refractivity contribution is 5.94. The maximum Gasteiger partial charge on any atom is 0.290 e. The van der Waals surface area contributed by atoms with Gasteiger partial charge in [-0.2, -0.15) is 4.57 Å². The molecule has 0 atom stereocenters. The predicted octanol–water partition coefficient (Wildman–Crippen LogP) is -8.22. The van der Waals surface area contributed by atoms with E-state index in [1.54, 1.807) is 0 Å². The van der Waals surface area contributed by atoms with Crippen LogP contribution in [0.4, 0.5) is 0 Å². The van der Waals surface area contributed by atoms with Gasteiger partial charge in [0, 0.05) is 25.2 Å². The molecule has 1 aromatic rings. The smallest absolute Gasteiger partial charge is 0.290 e. The second-order valence-electron chi connectivity index (χ2n) is 5.66. The number of hydrogen-bond donors (Lipinski definition) is 0. The number of hydrogen-bond acceptors (Lipinski definition) is 9. The summed E-state index contributed by atoms with van der Waals surface area (Å²) >= 11 is 0. The zero-order valence-corrected chi connectivity index (χ0v) is 17.3. The molecule has 0 aromatic carbocycles. The second kappa shape index (κ2) is 12.2. The minimum Gasteiger partial charge on any atom is -0.378 e. The summed E-state index contributed by atoms with van der Waals surface area (Å²) in [6.45, 7) is 4.24. The molecule has 0 aliphatic carbocycles. The van der Waals surface area contributed by atoms with Gasteiger partial charge in [0.05, 0.1) is 6.20 Å². The van der Waals surface area contributed by atoms with Crippen molar-refractivity contribution in [2.45, 2.75) is 13.8 Å². The van der Waals surface area contributed by atoms with Crippen molar-refractivity contribution in [3.05, 3.63) is 35.8 Å². The maximum absolute atomic E-state index is 8.49. The van der Waals surface area contributed by atoms with Gasteiger partial charge in [0.25, 0.3) is 5.70 Å². The molecule has 1 aromatic heterocycles. The Bertz CT molecular complexity index is 592. The fourth-order valence-electron chi connectivity index (χ4n) is 1.75. The van der Waals surface area contributed by atoms with Gasteiger partial charge in [0.15, 0.2) is 12.4 Å². The molecule has 0 unspecified atom stereocenters. The first kappa shape index (κ1) is 27.8. The van der Waals surface area contributed by atoms with Gasteiger partial charge >= 0.3 is 0 Å². The highest BCUT2D eigenvalue weighted by Gasteiger charge is 2.13. The van der Waals surface area contributed by atoms with E-state index in [1.807, 2.05) is 28.2 Å². The van der Waals surface area contributed by atoms with E-state index in [2.05, 4.69) is 58.8 Å². The van der Waals surface area contributed by atoms with Crippen LogP contribution >= 0.6 is 0 Å². The largest absolute Gasteiger partial charge is 0.378 e. The number of pyridine rings is 1. The van der Waals surface area contributed by atoms with Crippen LogP contribution in [0.5, 0.6) is 0 Å². The van der Waals surface area contributed by atoms with Crippen LogP contribution in [0.2, 0.25) is 0 Å². The van der Waals surface area contributed by atoms with Gasteiger partial charge in [-0.25, -0.2) is 41.8 Å². The summed E-state index contributed by atoms with van der Waals surface area (Å²) in [5.41, 5.74) is 3.68. The quantitative estimate of drug-likeness (QED) is 0.329. The van der Waals surface area contributed by atoms with Gasteiger partial charge in [0.2, 0.25) is 6.21 Å². The van der Waals surface area contributed by atoms with Crippen molar-refractivity contribution in [1.29, 1.82) is 0 Å². The van der Waals surface area contributed by atoms with Crippen molar-refractivity contribution in [2.24, 2.45) is 0 Å². The van der Waals surface area contributed by atoms with Gasteiger partial charge < -0.3 is 4.90 Å². The lowest BCUT2D eigenvalue weighted by Gasteiger charge is -2.17. The van der Waals surface area contributed by atoms with Gasteiger partial charge in [0.1, 0.15) is 14.1 Å². The van der Waals surface area contributed by atoms with Crippen molar-refractivity contribution < 1.29 is 66.9 Å². The molecule has 0 amide bonds. The number of aryl methyl sites for hydroxylation is 2. The molecule has 1 rings (SSSR count). The Balaban J connectivity index is 0. The lowest BCUT2D eigenvalue weighted by molar-refractivity contribution is -2.00. The summed E-state index contributed by atoms with van der Waals surface area (Å²) in [6.07, 6.45) is 8.50. The minimum atomic E-state index is -4.94. The molecule has 27 heavy (non-hydrogen) atoms. The zero-order valence-electron chi connectivity index (χ0n) is 15.8. The van der Waals surface area contributed by atoms with Crippen LogP contribution in [-0.4, -0.2) is 43.9 Å². The molecule has 13 heteroatoms. The Morgan fingerprint density at radius 2 is 1.22 bits per heavy atom. The first-order chi connectivity index (χ1) is 11.9. The standard InChI is InChI=1S/C14H23N3.2ClHO4/c1-12-7-13(2)9-17(8-12)14(10-15(3)4)11-16(5)6;2*2-1(3,4)5/h7-11H,1-6H3;2*(H,2,3,4,5)/q+2;;/p-2. The van der Waals surface area contributed by atoms with Crippen LogP contribution in [0.1, 0.15) is 11.1 Å². The molecule has 0 spiro atoms. The van der Waals surface area contributed by atoms with Gasteiger partial charge in [-0.3, -0.25) is 0 Å². The molecule has 11 nitrogen and oxygen atoms in total. The van der Waals surface area contributed by atoms with Crippen LogP contribution in [0.15, 0.2) is 24.7 Å². The maximum atomic E-state index is 8.49. The summed E-state index contributed by atoms with van der Waals surface area (Å²) in [6, 6.07) is 2.18. The fraction of sp³-hybridized carbons (Fsp3) is 0.429. The monoisotopic (exact) mass is 431 g/mol. The first-order valence-electron chi connectivity index (χ1n) is 7.01. The third-order valence-corrected chi connectivity index (χ3v) is 2.22. The molecule has 0 N–H and O–H groups in total. The Labute approximate surface area is 162 Å². The highest BCUT2D eigenvalue weighted by Crippen LogP contribution is 2.00. The van der Waals surface area contributed by atoms with Gasteiger partial charge in [-0.05, 0) is 19.9 Å². The van der Waals surface area contributed by atoms with Gasteiger partial charge in [-0.1, -0.05) is 0 Å². The van der Waals surface area contributed by atoms with Crippen molar-refractivity contribution >= 4 is 11.9 Å². The fourth-order valence-corrected chi connectivity index (χ4v) is 1.75. The number of nitrogens with zero attached hydrogens (tertiary/aromatic N) is 3. The highest BCUT2D eigenvalue weighted by atomic mass is 35.7. The normalized spacial score (nSPS) is 11.6. The Kier molecular flexibility index (Phi) is 12.5. The zero-order chi connectivity index (χ0) is 22.0. The van der Waals surface area contributed by atoms with Gasteiger partial charge in [-0.15, -0.1) is 20.5 Å². The van der Waals surface area contributed by atoms with Crippen molar-refractivity contribution in [3.63, 3.8) is 0 Å². The van der Waals surface area contributed by atoms with Crippen molar-refractivity contribution in [3.8, 4) is 0 Å². The molecule has 156 valence electrons. The van der Waals surface area contributed by atoms with Crippen LogP contribution in [0.25, 0.3) is 5.70 Å². The van der Waals surface area contributed by atoms with Crippen molar-refractivity contribution in [1.82, 2.24) is 4.90 Å². The second-order valence-corrected chi connectivity index (χ2v) is 7.18. The van der Waals surface area contributed by atoms with E-state index >= 15 is 0 Å². The van der Waals surface area contributed by atoms with E-state index in [4.69, 9.17) is 37.3 Å². The molecule has 0 bridgehead atoms. The van der Waals surface area contributed by atoms with E-state index in [0.29, 0.717) is 0 Å². The van der Waals surface area contributed by atoms with E-state index < -0.39 is 20.5 Å². The number of halogens is 2. The number of aromatic nitrogens is 1. The van der Waals surface area contributed by atoms with Crippen LogP contribution in [0.3, 0.4) is 0 Å². The molecule has 0 saturated carbocycles. The third-order valence-electron chi connectivity index (χ3n) is 2.22. The molecule has 1 heterocycles. The summed E-state index contributed by atoms with van der Waals surface area (Å²) in [5, 5.41) is 0. The first-order valence-corrected chi connectivity index (χ1v) is 9.48. The van der Waals surface area contributed by atoms with Crippen LogP contribution in [0, 0.1) is 34.3 Å². The summed E-state index contributed by atoms with van der Waals surface area (Å²) < 4.78 is 72.2. The number of allylic oxidation sites excluding steroid dienone is 1. The van der Waals surface area contributed by atoms with E-state index in [-0.39, 0.29) is 0 Å². The lowest BCUT2D eigenvalue weighted by atomic mass is 10.2. The van der Waals surface area contributed by atoms with Crippen LogP contribution in [-0.2, 0) is 0 Å². The third kappa shape index (κ3) is 24.6. The van der Waals surface area contributed by atoms with Crippen molar-refractivity contribution in [2.75, 3.05) is 28.2 Å². The van der Waals surface area contributed by atoms with Crippen LogP contribution < -0.4 is 41.8 Å².